The van der Waals surface area contributed by atoms with Crippen molar-refractivity contribution in [3.63, 3.8) is 0 Å². The van der Waals surface area contributed by atoms with E-state index in [1.54, 1.807) is 7.11 Å². The average molecular weight is 239 g/mol. The molecule has 2 atom stereocenters. The molecular weight excluding hydrogens is 214 g/mol. The molecular formula is C13H25N3O. The lowest BCUT2D eigenvalue weighted by atomic mass is 9.95. The van der Waals surface area contributed by atoms with Gasteiger partial charge < -0.3 is 10.1 Å². The molecule has 1 N–H and O–H groups in total. The van der Waals surface area contributed by atoms with Gasteiger partial charge in [-0.15, -0.1) is 0 Å². The van der Waals surface area contributed by atoms with Crippen LogP contribution >= 0.6 is 0 Å². The fourth-order valence-corrected chi connectivity index (χ4v) is 2.15. The largest absolute Gasteiger partial charge is 0.379 e. The van der Waals surface area contributed by atoms with Crippen molar-refractivity contribution >= 4 is 0 Å². The maximum Gasteiger partial charge on any atom is 0.0789 e. The second kappa shape index (κ2) is 6.77. The number of aromatic nitrogens is 2. The highest BCUT2D eigenvalue weighted by Crippen LogP contribution is 2.24. The molecule has 4 heteroatoms. The van der Waals surface area contributed by atoms with Gasteiger partial charge in [-0.2, -0.15) is 5.10 Å². The van der Waals surface area contributed by atoms with Gasteiger partial charge in [0.2, 0.25) is 0 Å². The number of nitrogens with zero attached hydrogens (tertiary/aromatic N) is 2. The highest BCUT2D eigenvalue weighted by atomic mass is 16.5. The van der Waals surface area contributed by atoms with Crippen LogP contribution in [0.15, 0.2) is 12.4 Å². The molecule has 0 saturated carbocycles. The first-order valence-corrected chi connectivity index (χ1v) is 6.42. The van der Waals surface area contributed by atoms with E-state index in [1.165, 1.54) is 5.56 Å². The van der Waals surface area contributed by atoms with Crippen molar-refractivity contribution in [3.8, 4) is 0 Å². The molecule has 1 rings (SSSR count). The molecule has 0 amide bonds. The third kappa shape index (κ3) is 3.54. The summed E-state index contributed by atoms with van der Waals surface area (Å²) in [6, 6.07) is 0.213. The van der Waals surface area contributed by atoms with Gasteiger partial charge in [-0.3, -0.25) is 4.68 Å². The van der Waals surface area contributed by atoms with E-state index in [0.717, 1.165) is 13.1 Å². The lowest BCUT2D eigenvalue weighted by Crippen LogP contribution is -2.36. The molecule has 0 saturated heterocycles. The summed E-state index contributed by atoms with van der Waals surface area (Å²) in [5.74, 6) is 0.467. The Bertz CT molecular complexity index is 322. The summed E-state index contributed by atoms with van der Waals surface area (Å²) in [6.45, 7) is 10.4. The van der Waals surface area contributed by atoms with Gasteiger partial charge >= 0.3 is 0 Å². The molecule has 0 aliphatic heterocycles. The minimum Gasteiger partial charge on any atom is -0.379 e. The fraction of sp³-hybridized carbons (Fsp3) is 0.769. The maximum absolute atomic E-state index is 5.62. The van der Waals surface area contributed by atoms with E-state index in [1.807, 2.05) is 10.9 Å². The number of likely N-dealkylation sites (N-methyl/N-ethyl adjacent to an activating group) is 1. The second-order valence-corrected chi connectivity index (χ2v) is 4.61. The van der Waals surface area contributed by atoms with Gasteiger partial charge in [-0.05, 0) is 19.4 Å². The van der Waals surface area contributed by atoms with Crippen LogP contribution in [0, 0.1) is 5.92 Å². The zero-order chi connectivity index (χ0) is 12.8. The summed E-state index contributed by atoms with van der Waals surface area (Å²) >= 11 is 0. The van der Waals surface area contributed by atoms with Gasteiger partial charge in [0, 0.05) is 25.4 Å². The van der Waals surface area contributed by atoms with E-state index in [0.29, 0.717) is 5.92 Å². The topological polar surface area (TPSA) is 39.1 Å². The monoisotopic (exact) mass is 239 g/mol. The van der Waals surface area contributed by atoms with Crippen LogP contribution in [0.2, 0.25) is 0 Å². The van der Waals surface area contributed by atoms with Crippen molar-refractivity contribution in [2.24, 2.45) is 5.92 Å². The minimum atomic E-state index is 0.171. The van der Waals surface area contributed by atoms with Crippen molar-refractivity contribution in [2.45, 2.75) is 46.4 Å². The SMILES string of the molecule is CCNC(c1cnn(CC)c1)C(OC)C(C)C. The highest BCUT2D eigenvalue weighted by molar-refractivity contribution is 5.13. The predicted molar refractivity (Wildman–Crippen MR) is 70.0 cm³/mol. The Morgan fingerprint density at radius 1 is 1.41 bits per heavy atom. The summed E-state index contributed by atoms with van der Waals surface area (Å²) in [7, 11) is 1.78. The van der Waals surface area contributed by atoms with Crippen LogP contribution in [0.25, 0.3) is 0 Å². The Labute approximate surface area is 104 Å². The lowest BCUT2D eigenvalue weighted by molar-refractivity contribution is 0.0331. The van der Waals surface area contributed by atoms with Gasteiger partial charge in [0.15, 0.2) is 0 Å². The minimum absolute atomic E-state index is 0.171. The smallest absolute Gasteiger partial charge is 0.0789 e. The Morgan fingerprint density at radius 3 is 2.53 bits per heavy atom. The molecule has 0 aliphatic carbocycles. The van der Waals surface area contributed by atoms with Gasteiger partial charge in [0.1, 0.15) is 0 Å². The Kier molecular flexibility index (Phi) is 5.65. The summed E-state index contributed by atoms with van der Waals surface area (Å²) in [6.07, 6.45) is 4.21. The molecule has 4 nitrogen and oxygen atoms in total. The third-order valence-corrected chi connectivity index (χ3v) is 3.02. The molecule has 98 valence electrons. The summed E-state index contributed by atoms with van der Waals surface area (Å²) in [5, 5.41) is 7.83. The number of hydrogen-bond acceptors (Lipinski definition) is 3. The fourth-order valence-electron chi connectivity index (χ4n) is 2.15. The van der Waals surface area contributed by atoms with Crippen LogP contribution in [-0.2, 0) is 11.3 Å². The first-order chi connectivity index (χ1) is 8.13. The zero-order valence-electron chi connectivity index (χ0n) is 11.6. The summed E-state index contributed by atoms with van der Waals surface area (Å²) in [4.78, 5) is 0. The number of nitrogens with one attached hydrogen (secondary N) is 1. The van der Waals surface area contributed by atoms with Crippen molar-refractivity contribution in [2.75, 3.05) is 13.7 Å². The average Bonchev–Trinajstić information content (AvgIpc) is 2.76. The first kappa shape index (κ1) is 14.2. The predicted octanol–water partition coefficient (Wildman–Crippen LogP) is 2.22. The third-order valence-electron chi connectivity index (χ3n) is 3.02. The van der Waals surface area contributed by atoms with Crippen LogP contribution in [0.1, 0.15) is 39.3 Å². The Balaban J connectivity index is 2.90. The molecule has 1 heterocycles. The highest BCUT2D eigenvalue weighted by Gasteiger charge is 2.26. The maximum atomic E-state index is 5.62. The molecule has 0 aliphatic rings. The van der Waals surface area contributed by atoms with Crippen LogP contribution < -0.4 is 5.32 Å². The molecule has 0 spiro atoms. The quantitative estimate of drug-likeness (QED) is 0.793. The normalized spacial score (nSPS) is 15.2. The molecule has 0 radical (unpaired) electrons. The Morgan fingerprint density at radius 2 is 2.12 bits per heavy atom. The van der Waals surface area contributed by atoms with Gasteiger partial charge in [-0.25, -0.2) is 0 Å². The number of methoxy groups -OCH3 is 1. The van der Waals surface area contributed by atoms with E-state index < -0.39 is 0 Å². The summed E-state index contributed by atoms with van der Waals surface area (Å²) < 4.78 is 7.58. The number of ether oxygens (including phenoxy) is 1. The van der Waals surface area contributed by atoms with E-state index >= 15 is 0 Å². The first-order valence-electron chi connectivity index (χ1n) is 6.42. The molecule has 17 heavy (non-hydrogen) atoms. The molecule has 2 unspecified atom stereocenters. The molecule has 0 bridgehead atoms. The van der Waals surface area contributed by atoms with Crippen molar-refractivity contribution in [3.05, 3.63) is 18.0 Å². The van der Waals surface area contributed by atoms with Crippen LogP contribution in [-0.4, -0.2) is 29.5 Å². The van der Waals surface area contributed by atoms with Crippen LogP contribution in [0.5, 0.6) is 0 Å². The van der Waals surface area contributed by atoms with E-state index in [4.69, 9.17) is 4.74 Å². The van der Waals surface area contributed by atoms with Crippen molar-refractivity contribution in [1.82, 2.24) is 15.1 Å². The standard InChI is InChI=1S/C13H25N3O/c1-6-14-12(13(17-5)10(3)4)11-8-15-16(7-2)9-11/h8-10,12-14H,6-7H2,1-5H3. The van der Waals surface area contributed by atoms with E-state index in [9.17, 15) is 0 Å². The molecule has 0 aromatic carbocycles. The van der Waals surface area contributed by atoms with Gasteiger partial charge in [-0.1, -0.05) is 20.8 Å². The van der Waals surface area contributed by atoms with Crippen LogP contribution in [0.3, 0.4) is 0 Å². The lowest BCUT2D eigenvalue weighted by Gasteiger charge is -2.29. The van der Waals surface area contributed by atoms with Crippen molar-refractivity contribution < 1.29 is 4.74 Å². The Hall–Kier alpha value is -0.870. The van der Waals surface area contributed by atoms with Crippen LogP contribution in [0.4, 0.5) is 0 Å². The molecule has 1 aromatic rings. The van der Waals surface area contributed by atoms with Crippen molar-refractivity contribution in [1.29, 1.82) is 0 Å². The second-order valence-electron chi connectivity index (χ2n) is 4.61. The van der Waals surface area contributed by atoms with Gasteiger partial charge in [0.05, 0.1) is 18.3 Å². The van der Waals surface area contributed by atoms with E-state index in [-0.39, 0.29) is 12.1 Å². The molecule has 0 fully saturated rings. The number of hydrogen-bond donors (Lipinski definition) is 1. The summed E-state index contributed by atoms with van der Waals surface area (Å²) in [5.41, 5.74) is 1.20. The van der Waals surface area contributed by atoms with Gasteiger partial charge in [0.25, 0.3) is 0 Å². The molecule has 1 aromatic heterocycles. The van der Waals surface area contributed by atoms with E-state index in [2.05, 4.69) is 44.3 Å². The zero-order valence-corrected chi connectivity index (χ0v) is 11.6. The number of rotatable bonds is 7. The number of aryl methyl sites for hydroxylation is 1.